The first kappa shape index (κ1) is 12.9. The molecule has 92 valence electrons. The van der Waals surface area contributed by atoms with E-state index in [1.807, 2.05) is 13.8 Å². The molecule has 0 saturated carbocycles. The van der Waals surface area contributed by atoms with Gasteiger partial charge < -0.3 is 10.0 Å². The van der Waals surface area contributed by atoms with Gasteiger partial charge in [0.2, 0.25) is 0 Å². The Morgan fingerprint density at radius 1 is 1.59 bits per heavy atom. The Kier molecular flexibility index (Phi) is 3.97. The van der Waals surface area contributed by atoms with Gasteiger partial charge in [-0.2, -0.15) is 0 Å². The highest BCUT2D eigenvalue weighted by Crippen LogP contribution is 2.17. The molecule has 17 heavy (non-hydrogen) atoms. The van der Waals surface area contributed by atoms with Crippen molar-refractivity contribution in [1.29, 1.82) is 0 Å². The number of nitrogens with zero attached hydrogens (tertiary/aromatic N) is 3. The van der Waals surface area contributed by atoms with E-state index in [0.717, 1.165) is 6.20 Å². The first-order valence-corrected chi connectivity index (χ1v) is 5.00. The summed E-state index contributed by atoms with van der Waals surface area (Å²) in [5.74, 6) is -0.563. The van der Waals surface area contributed by atoms with Crippen LogP contribution in [0.4, 0.5) is 11.5 Å². The second kappa shape index (κ2) is 5.24. The minimum Gasteiger partial charge on any atom is -0.480 e. The molecule has 7 nitrogen and oxygen atoms in total. The van der Waals surface area contributed by atoms with Crippen LogP contribution >= 0.6 is 0 Å². The molecule has 1 heterocycles. The average Bonchev–Trinajstić information content (AvgIpc) is 2.25. The van der Waals surface area contributed by atoms with Crippen molar-refractivity contribution in [3.63, 3.8) is 0 Å². The molecule has 0 aliphatic heterocycles. The lowest BCUT2D eigenvalue weighted by atomic mass is 10.3. The Hall–Kier alpha value is -2.18. The van der Waals surface area contributed by atoms with Crippen LogP contribution in [-0.4, -0.2) is 33.6 Å². The maximum atomic E-state index is 10.7. The molecule has 0 radical (unpaired) electrons. The standard InChI is InChI=1S/C10H13N3O4/c1-7(2)12(6-10(14)15)9-4-3-8(5-11-9)13(16)17/h3-5,7H,6H2,1-2H3,(H,14,15). The van der Waals surface area contributed by atoms with Crippen LogP contribution in [0.15, 0.2) is 18.3 Å². The van der Waals surface area contributed by atoms with E-state index in [4.69, 9.17) is 5.11 Å². The smallest absolute Gasteiger partial charge is 0.323 e. The fraction of sp³-hybridized carbons (Fsp3) is 0.400. The molecule has 0 aliphatic carbocycles. The third-order valence-electron chi connectivity index (χ3n) is 2.17. The number of aromatic nitrogens is 1. The highest BCUT2D eigenvalue weighted by molar-refractivity contribution is 5.73. The van der Waals surface area contributed by atoms with Crippen LogP contribution in [0, 0.1) is 10.1 Å². The highest BCUT2D eigenvalue weighted by atomic mass is 16.6. The number of nitro groups is 1. The lowest BCUT2D eigenvalue weighted by Gasteiger charge is -2.25. The molecule has 0 amide bonds. The lowest BCUT2D eigenvalue weighted by molar-refractivity contribution is -0.385. The molecule has 0 unspecified atom stereocenters. The van der Waals surface area contributed by atoms with E-state index in [9.17, 15) is 14.9 Å². The second-order valence-electron chi connectivity index (χ2n) is 3.75. The molecule has 0 spiro atoms. The third kappa shape index (κ3) is 3.40. The Labute approximate surface area is 97.8 Å². The van der Waals surface area contributed by atoms with Gasteiger partial charge in [-0.3, -0.25) is 14.9 Å². The summed E-state index contributed by atoms with van der Waals surface area (Å²) in [5.41, 5.74) is -0.118. The molecular weight excluding hydrogens is 226 g/mol. The van der Waals surface area contributed by atoms with Crippen molar-refractivity contribution in [2.75, 3.05) is 11.4 Å². The van der Waals surface area contributed by atoms with Gasteiger partial charge >= 0.3 is 5.97 Å². The maximum Gasteiger partial charge on any atom is 0.323 e. The van der Waals surface area contributed by atoms with Crippen molar-refractivity contribution in [2.24, 2.45) is 0 Å². The van der Waals surface area contributed by atoms with Gasteiger partial charge in [0.25, 0.3) is 5.69 Å². The maximum absolute atomic E-state index is 10.7. The van der Waals surface area contributed by atoms with Crippen molar-refractivity contribution in [2.45, 2.75) is 19.9 Å². The van der Waals surface area contributed by atoms with Crippen LogP contribution in [0.1, 0.15) is 13.8 Å². The Bertz CT molecular complexity index is 416. The van der Waals surface area contributed by atoms with Crippen LogP contribution in [0.5, 0.6) is 0 Å². The normalized spacial score (nSPS) is 10.3. The first-order chi connectivity index (χ1) is 7.91. The van der Waals surface area contributed by atoms with Crippen LogP contribution in [0.3, 0.4) is 0 Å². The average molecular weight is 239 g/mol. The minimum atomic E-state index is -0.973. The summed E-state index contributed by atoms with van der Waals surface area (Å²) < 4.78 is 0. The number of carboxylic acids is 1. The fourth-order valence-electron chi connectivity index (χ4n) is 1.33. The van der Waals surface area contributed by atoms with Gasteiger partial charge in [0.15, 0.2) is 0 Å². The number of pyridine rings is 1. The van der Waals surface area contributed by atoms with E-state index >= 15 is 0 Å². The van der Waals surface area contributed by atoms with Crippen molar-refractivity contribution in [3.05, 3.63) is 28.4 Å². The Morgan fingerprint density at radius 2 is 2.24 bits per heavy atom. The summed E-state index contributed by atoms with van der Waals surface area (Å²) in [4.78, 5) is 26.0. The summed E-state index contributed by atoms with van der Waals surface area (Å²) in [6, 6.07) is 2.70. The number of anilines is 1. The summed E-state index contributed by atoms with van der Waals surface area (Å²) in [7, 11) is 0. The quantitative estimate of drug-likeness (QED) is 0.614. The van der Waals surface area contributed by atoms with Crippen molar-refractivity contribution >= 4 is 17.5 Å². The van der Waals surface area contributed by atoms with Gasteiger partial charge in [-0.15, -0.1) is 0 Å². The topological polar surface area (TPSA) is 96.6 Å². The van der Waals surface area contributed by atoms with Gasteiger partial charge in [-0.1, -0.05) is 0 Å². The lowest BCUT2D eigenvalue weighted by Crippen LogP contribution is -2.36. The molecular formula is C10H13N3O4. The highest BCUT2D eigenvalue weighted by Gasteiger charge is 2.16. The summed E-state index contributed by atoms with van der Waals surface area (Å²) in [6.45, 7) is 3.46. The molecule has 1 aromatic rings. The summed E-state index contributed by atoms with van der Waals surface area (Å²) in [5, 5.41) is 19.2. The monoisotopic (exact) mass is 239 g/mol. The molecule has 1 rings (SSSR count). The molecule has 1 aromatic heterocycles. The third-order valence-corrected chi connectivity index (χ3v) is 2.17. The number of hydrogen-bond donors (Lipinski definition) is 1. The Balaban J connectivity index is 2.95. The predicted octanol–water partition coefficient (Wildman–Crippen LogP) is 1.29. The molecule has 7 heteroatoms. The van der Waals surface area contributed by atoms with Gasteiger partial charge in [0, 0.05) is 12.1 Å². The van der Waals surface area contributed by atoms with E-state index < -0.39 is 10.9 Å². The van der Waals surface area contributed by atoms with Gasteiger partial charge in [-0.25, -0.2) is 4.98 Å². The van der Waals surface area contributed by atoms with E-state index in [-0.39, 0.29) is 18.3 Å². The van der Waals surface area contributed by atoms with Crippen LogP contribution in [0.25, 0.3) is 0 Å². The Morgan fingerprint density at radius 3 is 2.59 bits per heavy atom. The van der Waals surface area contributed by atoms with Crippen LogP contribution < -0.4 is 4.90 Å². The SMILES string of the molecule is CC(C)N(CC(=O)O)c1ccc([N+](=O)[O-])cn1. The zero-order valence-electron chi connectivity index (χ0n) is 9.53. The molecule has 0 aliphatic rings. The van der Waals surface area contributed by atoms with E-state index in [0.29, 0.717) is 5.82 Å². The number of hydrogen-bond acceptors (Lipinski definition) is 5. The summed E-state index contributed by atoms with van der Waals surface area (Å²) in [6.07, 6.45) is 1.12. The molecule has 1 N–H and O–H groups in total. The van der Waals surface area contributed by atoms with E-state index in [2.05, 4.69) is 4.98 Å². The van der Waals surface area contributed by atoms with Crippen molar-refractivity contribution in [3.8, 4) is 0 Å². The number of rotatable bonds is 5. The van der Waals surface area contributed by atoms with Gasteiger partial charge in [0.05, 0.1) is 4.92 Å². The zero-order chi connectivity index (χ0) is 13.0. The molecule has 0 bridgehead atoms. The number of aliphatic carboxylic acids is 1. The number of carboxylic acid groups (broad SMARTS) is 1. The largest absolute Gasteiger partial charge is 0.480 e. The second-order valence-corrected chi connectivity index (χ2v) is 3.75. The molecule has 0 aromatic carbocycles. The van der Waals surface area contributed by atoms with Crippen LogP contribution in [-0.2, 0) is 4.79 Å². The first-order valence-electron chi connectivity index (χ1n) is 5.00. The molecule has 0 atom stereocenters. The van der Waals surface area contributed by atoms with E-state index in [1.165, 1.54) is 12.1 Å². The summed E-state index contributed by atoms with van der Waals surface area (Å²) >= 11 is 0. The van der Waals surface area contributed by atoms with Crippen molar-refractivity contribution < 1.29 is 14.8 Å². The fourth-order valence-corrected chi connectivity index (χ4v) is 1.33. The zero-order valence-corrected chi connectivity index (χ0v) is 9.53. The predicted molar refractivity (Wildman–Crippen MR) is 61.0 cm³/mol. The van der Waals surface area contributed by atoms with Crippen molar-refractivity contribution in [1.82, 2.24) is 4.98 Å². The van der Waals surface area contributed by atoms with E-state index in [1.54, 1.807) is 4.90 Å². The molecule has 0 fully saturated rings. The minimum absolute atomic E-state index is 0.0555. The van der Waals surface area contributed by atoms with Crippen LogP contribution in [0.2, 0.25) is 0 Å². The van der Waals surface area contributed by atoms with Gasteiger partial charge in [-0.05, 0) is 19.9 Å². The van der Waals surface area contributed by atoms with Gasteiger partial charge in [0.1, 0.15) is 18.6 Å². The number of carbonyl (C=O) groups is 1. The molecule has 0 saturated heterocycles.